The van der Waals surface area contributed by atoms with Gasteiger partial charge in [-0.1, -0.05) is 66.3 Å². The Hall–Kier alpha value is -0.310. The van der Waals surface area contributed by atoms with E-state index in [-0.39, 0.29) is 0 Å². The smallest absolute Gasteiger partial charge is 0.0112 e. The molecule has 1 heteroatoms. The van der Waals surface area contributed by atoms with Gasteiger partial charge in [0.25, 0.3) is 0 Å². The first-order chi connectivity index (χ1) is 12.5. The summed E-state index contributed by atoms with van der Waals surface area (Å²) < 4.78 is 0.953. The van der Waals surface area contributed by atoms with Crippen LogP contribution in [0.2, 0.25) is 0 Å². The highest BCUT2D eigenvalue weighted by Gasteiger charge is 2.46. The van der Waals surface area contributed by atoms with Crippen molar-refractivity contribution in [3.63, 3.8) is 0 Å². The fourth-order valence-electron chi connectivity index (χ4n) is 6.91. The van der Waals surface area contributed by atoms with Gasteiger partial charge in [0, 0.05) is 3.92 Å². The van der Waals surface area contributed by atoms with Crippen LogP contribution in [0, 0.1) is 29.1 Å². The Labute approximate surface area is 173 Å². The lowest BCUT2D eigenvalue weighted by molar-refractivity contribution is 0.145. The number of halogens is 1. The largest absolute Gasteiger partial charge is 0.0839 e. The van der Waals surface area contributed by atoms with Gasteiger partial charge < -0.3 is 0 Å². The zero-order valence-electron chi connectivity index (χ0n) is 16.4. The Balaban J connectivity index is 1.37. The predicted molar refractivity (Wildman–Crippen MR) is 119 cm³/mol. The molecule has 5 aliphatic carbocycles. The van der Waals surface area contributed by atoms with Crippen molar-refractivity contribution in [3.05, 3.63) is 46.6 Å². The van der Waals surface area contributed by atoms with Crippen molar-refractivity contribution in [3.8, 4) is 0 Å². The maximum absolute atomic E-state index is 2.70. The summed E-state index contributed by atoms with van der Waals surface area (Å²) in [5, 5.41) is 0. The second kappa shape index (κ2) is 6.64. The van der Waals surface area contributed by atoms with Gasteiger partial charge in [0.05, 0.1) is 0 Å². The minimum absolute atomic E-state index is 0.327. The highest BCUT2D eigenvalue weighted by molar-refractivity contribution is 14.1. The molecule has 0 saturated heterocycles. The lowest BCUT2D eigenvalue weighted by atomic mass is 9.63. The van der Waals surface area contributed by atoms with Crippen molar-refractivity contribution in [2.45, 2.75) is 75.6 Å². The fraction of sp³-hybridized carbons (Fsp3) is 0.680. The van der Waals surface area contributed by atoms with Crippen LogP contribution in [0.1, 0.15) is 71.6 Å². The van der Waals surface area contributed by atoms with Gasteiger partial charge in [-0.05, 0) is 104 Å². The van der Waals surface area contributed by atoms with Crippen molar-refractivity contribution in [1.82, 2.24) is 0 Å². The predicted octanol–water partition coefficient (Wildman–Crippen LogP) is 7.57. The second-order valence-electron chi connectivity index (χ2n) is 10.1. The van der Waals surface area contributed by atoms with Crippen LogP contribution < -0.4 is 0 Å². The molecule has 0 aromatic heterocycles. The summed E-state index contributed by atoms with van der Waals surface area (Å²) in [6, 6.07) is 0. The normalized spacial score (nSPS) is 41.1. The summed E-state index contributed by atoms with van der Waals surface area (Å²) >= 11 is 2.70. The number of fused-ring (bicyclic) bond motifs is 3. The van der Waals surface area contributed by atoms with Crippen LogP contribution in [0.4, 0.5) is 0 Å². The molecule has 2 saturated carbocycles. The second-order valence-corrected chi connectivity index (χ2v) is 11.9. The molecule has 0 heterocycles. The third kappa shape index (κ3) is 2.83. The zero-order chi connectivity index (χ0) is 17.9. The molecule has 5 rings (SSSR count). The average molecular weight is 460 g/mol. The minimum atomic E-state index is 0.327. The van der Waals surface area contributed by atoms with E-state index in [1.54, 1.807) is 22.3 Å². The van der Waals surface area contributed by atoms with Crippen molar-refractivity contribution in [2.75, 3.05) is 0 Å². The van der Waals surface area contributed by atoms with E-state index in [9.17, 15) is 0 Å². The van der Waals surface area contributed by atoms with Crippen molar-refractivity contribution in [2.24, 2.45) is 29.1 Å². The molecule has 140 valence electrons. The van der Waals surface area contributed by atoms with Gasteiger partial charge in [0.15, 0.2) is 0 Å². The SMILES string of the molecule is CC1(C)C2=C(CCC=C2)C2=CC=C(C3CCC4C[C@@H](I)CCC4C3)CC21. The lowest BCUT2D eigenvalue weighted by Crippen LogP contribution is -2.33. The Morgan fingerprint density at radius 1 is 1.00 bits per heavy atom. The molecule has 0 bridgehead atoms. The van der Waals surface area contributed by atoms with E-state index in [4.69, 9.17) is 0 Å². The number of alkyl halides is 1. The fourth-order valence-corrected chi connectivity index (χ4v) is 7.92. The minimum Gasteiger partial charge on any atom is -0.0839 e. The summed E-state index contributed by atoms with van der Waals surface area (Å²) in [7, 11) is 0. The van der Waals surface area contributed by atoms with E-state index in [2.05, 4.69) is 60.7 Å². The number of rotatable bonds is 1. The van der Waals surface area contributed by atoms with Crippen LogP contribution in [0.5, 0.6) is 0 Å². The van der Waals surface area contributed by atoms with Crippen LogP contribution in [0.15, 0.2) is 46.6 Å². The van der Waals surface area contributed by atoms with Gasteiger partial charge in [0.2, 0.25) is 0 Å². The van der Waals surface area contributed by atoms with E-state index in [1.807, 2.05) is 0 Å². The number of hydrogen-bond donors (Lipinski definition) is 0. The lowest BCUT2D eigenvalue weighted by Gasteiger charge is -2.43. The maximum Gasteiger partial charge on any atom is 0.0112 e. The molecule has 5 atom stereocenters. The Morgan fingerprint density at radius 2 is 1.81 bits per heavy atom. The van der Waals surface area contributed by atoms with Crippen molar-refractivity contribution in [1.29, 1.82) is 0 Å². The first-order valence-corrected chi connectivity index (χ1v) is 12.2. The third-order valence-electron chi connectivity index (χ3n) is 8.45. The van der Waals surface area contributed by atoms with E-state index in [1.165, 1.54) is 57.8 Å². The molecule has 0 radical (unpaired) electrons. The molecular formula is C25H33I. The van der Waals surface area contributed by atoms with E-state index >= 15 is 0 Å². The molecule has 0 nitrogen and oxygen atoms in total. The average Bonchev–Trinajstić information content (AvgIpc) is 2.89. The summed E-state index contributed by atoms with van der Waals surface area (Å²) in [5.74, 6) is 3.68. The topological polar surface area (TPSA) is 0 Å². The van der Waals surface area contributed by atoms with Crippen LogP contribution in [-0.2, 0) is 0 Å². The molecule has 5 aliphatic rings. The Morgan fingerprint density at radius 3 is 2.69 bits per heavy atom. The van der Waals surface area contributed by atoms with Gasteiger partial charge in [0.1, 0.15) is 0 Å². The van der Waals surface area contributed by atoms with E-state index in [0.29, 0.717) is 5.41 Å². The molecule has 0 N–H and O–H groups in total. The van der Waals surface area contributed by atoms with Gasteiger partial charge in [-0.25, -0.2) is 0 Å². The van der Waals surface area contributed by atoms with Crippen molar-refractivity contribution < 1.29 is 0 Å². The number of hydrogen-bond acceptors (Lipinski definition) is 0. The molecule has 2 fully saturated rings. The standard InChI is InChI=1S/C25H33I/c1-25(2)23-6-4-3-5-21(23)22-12-10-19(15-24(22)25)16-7-8-18-14-20(26)11-9-17(18)13-16/h4,6,10,12,16-18,20,24H,3,5,7-9,11,13-15H2,1-2H3/t16?,17?,18?,20-,24?/m0/s1. The van der Waals surface area contributed by atoms with Gasteiger partial charge in [-0.3, -0.25) is 0 Å². The Bertz CT molecular complexity index is 716. The number of allylic oxidation sites excluding steroid dienone is 8. The summed E-state index contributed by atoms with van der Waals surface area (Å²) in [6.07, 6.45) is 22.7. The van der Waals surface area contributed by atoms with Gasteiger partial charge >= 0.3 is 0 Å². The first kappa shape index (κ1) is 17.8. The Kier molecular flexibility index (Phi) is 4.54. The molecule has 4 unspecified atom stereocenters. The quantitative estimate of drug-likeness (QED) is 0.280. The van der Waals surface area contributed by atoms with Crippen LogP contribution >= 0.6 is 22.6 Å². The molecular weight excluding hydrogens is 427 g/mol. The van der Waals surface area contributed by atoms with Crippen LogP contribution in [0.25, 0.3) is 0 Å². The van der Waals surface area contributed by atoms with Crippen molar-refractivity contribution >= 4 is 22.6 Å². The molecule has 0 aromatic rings. The van der Waals surface area contributed by atoms with E-state index < -0.39 is 0 Å². The highest BCUT2D eigenvalue weighted by atomic mass is 127. The van der Waals surface area contributed by atoms with E-state index in [0.717, 1.165) is 27.6 Å². The monoisotopic (exact) mass is 460 g/mol. The molecule has 0 amide bonds. The van der Waals surface area contributed by atoms with Gasteiger partial charge in [-0.2, -0.15) is 0 Å². The summed E-state index contributed by atoms with van der Waals surface area (Å²) in [6.45, 7) is 5.01. The summed E-state index contributed by atoms with van der Waals surface area (Å²) in [5.41, 5.74) is 7.16. The molecule has 0 aliphatic heterocycles. The summed E-state index contributed by atoms with van der Waals surface area (Å²) in [4.78, 5) is 0. The van der Waals surface area contributed by atoms with Crippen LogP contribution in [-0.4, -0.2) is 3.92 Å². The molecule has 0 aromatic carbocycles. The van der Waals surface area contributed by atoms with Gasteiger partial charge in [-0.15, -0.1) is 0 Å². The third-order valence-corrected chi connectivity index (χ3v) is 9.58. The molecule has 0 spiro atoms. The van der Waals surface area contributed by atoms with Crippen LogP contribution in [0.3, 0.4) is 0 Å². The highest BCUT2D eigenvalue weighted by Crippen LogP contribution is 2.58. The maximum atomic E-state index is 2.70. The first-order valence-electron chi connectivity index (χ1n) is 11.0. The zero-order valence-corrected chi connectivity index (χ0v) is 18.6. The molecule has 26 heavy (non-hydrogen) atoms.